The maximum absolute atomic E-state index is 12.3. The van der Waals surface area contributed by atoms with E-state index in [0.717, 1.165) is 9.86 Å². The van der Waals surface area contributed by atoms with Gasteiger partial charge in [-0.2, -0.15) is 0 Å². The highest BCUT2D eigenvalue weighted by molar-refractivity contribution is 9.10. The Morgan fingerprint density at radius 1 is 0.969 bits per heavy atom. The van der Waals surface area contributed by atoms with E-state index in [-0.39, 0.29) is 11.6 Å². The fourth-order valence-corrected chi connectivity index (χ4v) is 3.22. The van der Waals surface area contributed by atoms with Crippen LogP contribution in [0.2, 0.25) is 0 Å². The minimum Gasteiger partial charge on any atom is -0.457 e. The molecule has 9 heteroatoms. The van der Waals surface area contributed by atoms with Gasteiger partial charge in [-0.15, -0.1) is 0 Å². The molecule has 3 N–H and O–H groups in total. The maximum atomic E-state index is 12.3. The van der Waals surface area contributed by atoms with E-state index in [2.05, 4.69) is 41.8 Å². The first kappa shape index (κ1) is 21.3. The van der Waals surface area contributed by atoms with Crippen LogP contribution in [-0.2, 0) is 0 Å². The van der Waals surface area contributed by atoms with Crippen molar-refractivity contribution in [2.45, 2.75) is 0 Å². The molecule has 0 spiro atoms. The van der Waals surface area contributed by atoms with Crippen LogP contribution in [-0.4, -0.2) is 29.0 Å². The number of nitrogens with zero attached hydrogens (tertiary/aromatic N) is 2. The number of halogens is 1. The number of hydrogen-bond donors (Lipinski definition) is 3. The molecule has 0 fully saturated rings. The predicted octanol–water partition coefficient (Wildman–Crippen LogP) is 5.19. The van der Waals surface area contributed by atoms with Gasteiger partial charge in [0, 0.05) is 34.9 Å². The van der Waals surface area contributed by atoms with E-state index < -0.39 is 6.03 Å². The minimum atomic E-state index is -0.398. The molecular formula is C23H18BrN5O3. The van der Waals surface area contributed by atoms with Gasteiger partial charge in [0.1, 0.15) is 23.0 Å². The van der Waals surface area contributed by atoms with Crippen LogP contribution < -0.4 is 20.7 Å². The normalized spacial score (nSPS) is 10.4. The van der Waals surface area contributed by atoms with E-state index >= 15 is 0 Å². The SMILES string of the molecule is CNC(=O)c1cc(Oc2cccc3nc(NC(=O)Nc4ccc(Br)cc4)ccc23)ccn1. The van der Waals surface area contributed by atoms with Crippen molar-refractivity contribution < 1.29 is 14.3 Å². The molecule has 160 valence electrons. The molecule has 32 heavy (non-hydrogen) atoms. The summed E-state index contributed by atoms with van der Waals surface area (Å²) in [4.78, 5) is 32.6. The van der Waals surface area contributed by atoms with Crippen molar-refractivity contribution in [2.24, 2.45) is 0 Å². The number of anilines is 2. The zero-order valence-electron chi connectivity index (χ0n) is 16.9. The van der Waals surface area contributed by atoms with E-state index in [9.17, 15) is 9.59 Å². The van der Waals surface area contributed by atoms with Crippen molar-refractivity contribution in [3.05, 3.63) is 83.1 Å². The number of hydrogen-bond acceptors (Lipinski definition) is 5. The average Bonchev–Trinajstić information content (AvgIpc) is 2.80. The number of fused-ring (bicyclic) bond motifs is 1. The zero-order valence-corrected chi connectivity index (χ0v) is 18.5. The quantitative estimate of drug-likeness (QED) is 0.356. The first-order valence-electron chi connectivity index (χ1n) is 9.61. The number of carbonyl (C=O) groups is 2. The van der Waals surface area contributed by atoms with Crippen molar-refractivity contribution in [1.29, 1.82) is 0 Å². The molecule has 0 saturated heterocycles. The first-order chi connectivity index (χ1) is 15.5. The molecular weight excluding hydrogens is 474 g/mol. The van der Waals surface area contributed by atoms with Gasteiger partial charge in [0.25, 0.3) is 5.91 Å². The van der Waals surface area contributed by atoms with Crippen LogP contribution in [0.5, 0.6) is 11.5 Å². The Kier molecular flexibility index (Phi) is 6.27. The van der Waals surface area contributed by atoms with Gasteiger partial charge in [0.2, 0.25) is 0 Å². The van der Waals surface area contributed by atoms with Crippen molar-refractivity contribution in [3.63, 3.8) is 0 Å². The molecule has 4 rings (SSSR count). The van der Waals surface area contributed by atoms with E-state index in [1.165, 1.54) is 6.20 Å². The zero-order chi connectivity index (χ0) is 22.5. The largest absolute Gasteiger partial charge is 0.457 e. The number of pyridine rings is 2. The van der Waals surface area contributed by atoms with E-state index in [1.54, 1.807) is 49.5 Å². The smallest absolute Gasteiger partial charge is 0.324 e. The van der Waals surface area contributed by atoms with Crippen LogP contribution in [0.15, 0.2) is 77.4 Å². The Bertz CT molecular complexity index is 1290. The number of nitrogens with one attached hydrogen (secondary N) is 3. The van der Waals surface area contributed by atoms with Crippen molar-refractivity contribution >= 4 is 50.3 Å². The predicted molar refractivity (Wildman–Crippen MR) is 126 cm³/mol. The maximum Gasteiger partial charge on any atom is 0.324 e. The summed E-state index contributed by atoms with van der Waals surface area (Å²) in [5.74, 6) is 1.14. The van der Waals surface area contributed by atoms with Gasteiger partial charge >= 0.3 is 6.03 Å². The lowest BCUT2D eigenvalue weighted by molar-refractivity contribution is 0.0958. The number of aromatic nitrogens is 2. The van der Waals surface area contributed by atoms with Crippen LogP contribution >= 0.6 is 15.9 Å². The molecule has 0 aliphatic heterocycles. The molecule has 0 atom stereocenters. The summed E-state index contributed by atoms with van der Waals surface area (Å²) in [5, 5.41) is 8.77. The van der Waals surface area contributed by atoms with Crippen LogP contribution in [0.3, 0.4) is 0 Å². The van der Waals surface area contributed by atoms with Gasteiger partial charge in [-0.25, -0.2) is 9.78 Å². The monoisotopic (exact) mass is 491 g/mol. The molecule has 4 aromatic rings. The highest BCUT2D eigenvalue weighted by atomic mass is 79.9. The topological polar surface area (TPSA) is 105 Å². The van der Waals surface area contributed by atoms with E-state index in [4.69, 9.17) is 4.74 Å². The summed E-state index contributed by atoms with van der Waals surface area (Å²) in [7, 11) is 1.54. The second-order valence-corrected chi connectivity index (χ2v) is 7.58. The van der Waals surface area contributed by atoms with E-state index in [0.29, 0.717) is 28.5 Å². The minimum absolute atomic E-state index is 0.256. The summed E-state index contributed by atoms with van der Waals surface area (Å²) >= 11 is 3.36. The number of benzene rings is 2. The third-order valence-electron chi connectivity index (χ3n) is 4.45. The molecule has 2 heterocycles. The summed E-state index contributed by atoms with van der Waals surface area (Å²) in [6.07, 6.45) is 1.51. The van der Waals surface area contributed by atoms with Gasteiger partial charge in [0.05, 0.1) is 5.52 Å². The van der Waals surface area contributed by atoms with Crippen LogP contribution in [0.1, 0.15) is 10.5 Å². The molecule has 3 amide bonds. The number of urea groups is 1. The number of amides is 3. The summed E-state index contributed by atoms with van der Waals surface area (Å²) in [6, 6.07) is 19.0. The van der Waals surface area contributed by atoms with Crippen LogP contribution in [0.4, 0.5) is 16.3 Å². The Morgan fingerprint density at radius 3 is 2.56 bits per heavy atom. The lowest BCUT2D eigenvalue weighted by Crippen LogP contribution is -2.20. The molecule has 0 saturated carbocycles. The fourth-order valence-electron chi connectivity index (χ4n) is 2.95. The van der Waals surface area contributed by atoms with Gasteiger partial charge in [0.15, 0.2) is 0 Å². The van der Waals surface area contributed by atoms with Gasteiger partial charge in [-0.05, 0) is 54.6 Å². The molecule has 0 unspecified atom stereocenters. The Labute approximate surface area is 192 Å². The number of rotatable bonds is 5. The molecule has 8 nitrogen and oxygen atoms in total. The molecule has 0 aliphatic carbocycles. The van der Waals surface area contributed by atoms with E-state index in [1.807, 2.05) is 24.3 Å². The van der Waals surface area contributed by atoms with Crippen LogP contribution in [0.25, 0.3) is 10.9 Å². The highest BCUT2D eigenvalue weighted by Crippen LogP contribution is 2.30. The van der Waals surface area contributed by atoms with Crippen molar-refractivity contribution in [1.82, 2.24) is 15.3 Å². The van der Waals surface area contributed by atoms with Crippen LogP contribution in [0, 0.1) is 0 Å². The first-order valence-corrected chi connectivity index (χ1v) is 10.4. The number of ether oxygens (including phenoxy) is 1. The van der Waals surface area contributed by atoms with Gasteiger partial charge < -0.3 is 15.4 Å². The third-order valence-corrected chi connectivity index (χ3v) is 4.98. The molecule has 0 radical (unpaired) electrons. The summed E-state index contributed by atoms with van der Waals surface area (Å²) in [6.45, 7) is 0. The Balaban J connectivity index is 1.51. The van der Waals surface area contributed by atoms with Crippen molar-refractivity contribution in [3.8, 4) is 11.5 Å². The van der Waals surface area contributed by atoms with Gasteiger partial charge in [-0.1, -0.05) is 22.0 Å². The number of carbonyl (C=O) groups excluding carboxylic acids is 2. The Morgan fingerprint density at radius 2 is 1.78 bits per heavy atom. The molecule has 2 aromatic heterocycles. The fraction of sp³-hybridized carbons (Fsp3) is 0.0435. The Hall–Kier alpha value is -3.98. The lowest BCUT2D eigenvalue weighted by atomic mass is 10.2. The second kappa shape index (κ2) is 9.44. The van der Waals surface area contributed by atoms with Crippen molar-refractivity contribution in [2.75, 3.05) is 17.7 Å². The highest BCUT2D eigenvalue weighted by Gasteiger charge is 2.10. The van der Waals surface area contributed by atoms with Gasteiger partial charge in [-0.3, -0.25) is 15.1 Å². The second-order valence-electron chi connectivity index (χ2n) is 6.66. The average molecular weight is 492 g/mol. The molecule has 0 bridgehead atoms. The molecule has 2 aromatic carbocycles. The third kappa shape index (κ3) is 5.01. The molecule has 0 aliphatic rings. The summed E-state index contributed by atoms with van der Waals surface area (Å²) < 4.78 is 6.90. The summed E-state index contributed by atoms with van der Waals surface area (Å²) in [5.41, 5.74) is 1.56. The lowest BCUT2D eigenvalue weighted by Gasteiger charge is -2.11. The standard InChI is InChI=1S/C23H18BrN5O3/c1-25-22(30)19-13-16(11-12-26-19)32-20-4-2-3-18-17(20)9-10-21(28-18)29-23(31)27-15-7-5-14(24)6-8-15/h2-13H,1H3,(H,25,30)(H2,27,28,29,31).